The van der Waals surface area contributed by atoms with Crippen molar-refractivity contribution in [1.82, 2.24) is 0 Å². The van der Waals surface area contributed by atoms with Gasteiger partial charge in [0.05, 0.1) is 28.4 Å². The lowest BCUT2D eigenvalue weighted by atomic mass is 9.94. The Kier molecular flexibility index (Phi) is 7.53. The number of hydrogen-bond donors (Lipinski definition) is 0. The molecule has 35 heavy (non-hydrogen) atoms. The van der Waals surface area contributed by atoms with Gasteiger partial charge < -0.3 is 18.9 Å². The summed E-state index contributed by atoms with van der Waals surface area (Å²) in [5, 5.41) is 3.96. The maximum atomic E-state index is 12.7. The summed E-state index contributed by atoms with van der Waals surface area (Å²) in [6.07, 6.45) is 0.346. The summed E-state index contributed by atoms with van der Waals surface area (Å²) in [7, 11) is 5.73. The largest absolute Gasteiger partial charge is 0.496 e. The van der Waals surface area contributed by atoms with Gasteiger partial charge in [-0.25, -0.2) is 9.59 Å². The van der Waals surface area contributed by atoms with Gasteiger partial charge in [0.15, 0.2) is 0 Å². The number of rotatable bonds is 8. The van der Waals surface area contributed by atoms with Gasteiger partial charge in [-0.05, 0) is 58.3 Å². The van der Waals surface area contributed by atoms with Crippen molar-refractivity contribution in [3.05, 3.63) is 81.5 Å². The molecule has 0 spiro atoms. The molecule has 0 bridgehead atoms. The van der Waals surface area contributed by atoms with Crippen LogP contribution >= 0.6 is 22.7 Å². The van der Waals surface area contributed by atoms with E-state index in [1.807, 2.05) is 47.2 Å². The average Bonchev–Trinajstić information content (AvgIpc) is 3.61. The normalized spacial score (nSPS) is 10.6. The van der Waals surface area contributed by atoms with Crippen LogP contribution in [0, 0.1) is 0 Å². The van der Waals surface area contributed by atoms with Crippen molar-refractivity contribution in [3.63, 3.8) is 0 Å². The van der Waals surface area contributed by atoms with Gasteiger partial charge in [-0.15, -0.1) is 22.7 Å². The minimum Gasteiger partial charge on any atom is -0.496 e. The molecule has 6 nitrogen and oxygen atoms in total. The zero-order valence-electron chi connectivity index (χ0n) is 19.7. The molecule has 4 aromatic rings. The molecule has 4 rings (SSSR count). The van der Waals surface area contributed by atoms with Crippen LogP contribution in [-0.2, 0) is 15.9 Å². The van der Waals surface area contributed by atoms with Gasteiger partial charge in [0, 0.05) is 27.3 Å². The first-order valence-electron chi connectivity index (χ1n) is 10.7. The summed E-state index contributed by atoms with van der Waals surface area (Å²) >= 11 is 3.15. The second kappa shape index (κ2) is 10.8. The molecule has 2 aromatic carbocycles. The summed E-state index contributed by atoms with van der Waals surface area (Å²) in [6, 6.07) is 15.4. The molecule has 0 unspecified atom stereocenters. The van der Waals surface area contributed by atoms with Gasteiger partial charge in [-0.2, -0.15) is 0 Å². The topological polar surface area (TPSA) is 71.1 Å². The Morgan fingerprint density at radius 1 is 0.686 bits per heavy atom. The number of thiophene rings is 2. The molecule has 2 aromatic heterocycles. The third-order valence-electron chi connectivity index (χ3n) is 5.54. The molecule has 0 aliphatic heterocycles. The highest BCUT2D eigenvalue weighted by Crippen LogP contribution is 2.39. The number of carbonyl (C=O) groups excluding carboxylic acids is 2. The molecule has 0 N–H and O–H groups in total. The van der Waals surface area contributed by atoms with Gasteiger partial charge in [-0.1, -0.05) is 12.1 Å². The number of esters is 2. The maximum Gasteiger partial charge on any atom is 0.341 e. The van der Waals surface area contributed by atoms with Gasteiger partial charge in [0.25, 0.3) is 0 Å². The SMILES string of the molecule is COC(=O)c1cc(-c2cccs2)cc(Cc2cc(-c3cccs3)cc(C(=O)OC)c2OC)c1OC. The minimum atomic E-state index is -0.490. The lowest BCUT2D eigenvalue weighted by Crippen LogP contribution is -2.09. The predicted molar refractivity (Wildman–Crippen MR) is 138 cm³/mol. The average molecular weight is 509 g/mol. The number of methoxy groups -OCH3 is 4. The summed E-state index contributed by atoms with van der Waals surface area (Å²) in [5.41, 5.74) is 3.93. The van der Waals surface area contributed by atoms with Gasteiger partial charge in [0.1, 0.15) is 22.6 Å². The lowest BCUT2D eigenvalue weighted by Gasteiger charge is -2.18. The van der Waals surface area contributed by atoms with Crippen LogP contribution in [0.25, 0.3) is 20.9 Å². The van der Waals surface area contributed by atoms with E-state index in [2.05, 4.69) is 0 Å². The highest BCUT2D eigenvalue weighted by molar-refractivity contribution is 7.13. The first-order chi connectivity index (χ1) is 17.0. The van der Waals surface area contributed by atoms with E-state index in [1.54, 1.807) is 34.8 Å². The number of benzene rings is 2. The predicted octanol–water partition coefficient (Wildman–Crippen LogP) is 6.32. The van der Waals surface area contributed by atoms with Crippen LogP contribution in [0.3, 0.4) is 0 Å². The Hall–Kier alpha value is -3.62. The highest BCUT2D eigenvalue weighted by atomic mass is 32.1. The zero-order chi connectivity index (χ0) is 24.9. The van der Waals surface area contributed by atoms with E-state index in [0.29, 0.717) is 29.0 Å². The molecule has 0 aliphatic carbocycles. The fourth-order valence-corrected chi connectivity index (χ4v) is 5.45. The molecule has 0 saturated carbocycles. The van der Waals surface area contributed by atoms with Crippen LogP contribution in [0.15, 0.2) is 59.3 Å². The van der Waals surface area contributed by atoms with E-state index in [4.69, 9.17) is 18.9 Å². The minimum absolute atomic E-state index is 0.331. The molecule has 180 valence electrons. The zero-order valence-corrected chi connectivity index (χ0v) is 21.4. The van der Waals surface area contributed by atoms with Crippen LogP contribution in [0.4, 0.5) is 0 Å². The summed E-state index contributed by atoms with van der Waals surface area (Å²) in [4.78, 5) is 27.3. The van der Waals surface area contributed by atoms with Crippen molar-refractivity contribution in [2.24, 2.45) is 0 Å². The Balaban J connectivity index is 1.93. The lowest BCUT2D eigenvalue weighted by molar-refractivity contribution is 0.0588. The van der Waals surface area contributed by atoms with E-state index < -0.39 is 11.9 Å². The van der Waals surface area contributed by atoms with Gasteiger partial charge in [0.2, 0.25) is 0 Å². The number of carbonyl (C=O) groups is 2. The second-order valence-corrected chi connectivity index (χ2v) is 9.44. The van der Waals surface area contributed by atoms with Gasteiger partial charge >= 0.3 is 11.9 Å². The molecule has 8 heteroatoms. The van der Waals surface area contributed by atoms with Crippen LogP contribution < -0.4 is 9.47 Å². The molecule has 0 radical (unpaired) electrons. The van der Waals surface area contributed by atoms with Crippen LogP contribution in [0.1, 0.15) is 31.8 Å². The monoisotopic (exact) mass is 508 g/mol. The van der Waals surface area contributed by atoms with Crippen LogP contribution in [0.5, 0.6) is 11.5 Å². The smallest absolute Gasteiger partial charge is 0.341 e. The summed E-state index contributed by atoms with van der Waals surface area (Å²) in [6.45, 7) is 0. The molecule has 2 heterocycles. The Bertz CT molecular complexity index is 1240. The van der Waals surface area contributed by atoms with Crippen molar-refractivity contribution < 1.29 is 28.5 Å². The Morgan fingerprint density at radius 3 is 1.43 bits per heavy atom. The standard InChI is InChI=1S/C27H24O6S2/c1-30-24-18(11-16(22-7-5-9-34-22)14-20(24)26(28)32-3)13-19-12-17(23-8-6-10-35-23)15-21(25(19)31-2)27(29)33-4/h5-12,14-15H,13H2,1-4H3. The molecule has 0 atom stereocenters. The van der Waals surface area contributed by atoms with Gasteiger partial charge in [-0.3, -0.25) is 0 Å². The summed E-state index contributed by atoms with van der Waals surface area (Å²) < 4.78 is 21.5. The third-order valence-corrected chi connectivity index (χ3v) is 7.38. The molecular formula is C27H24O6S2. The second-order valence-electron chi connectivity index (χ2n) is 7.55. The first kappa shape index (κ1) is 24.5. The van der Waals surface area contributed by atoms with Crippen molar-refractivity contribution in [2.75, 3.05) is 28.4 Å². The van der Waals surface area contributed by atoms with E-state index >= 15 is 0 Å². The quantitative estimate of drug-likeness (QED) is 0.259. The molecule has 0 amide bonds. The molecule has 0 fully saturated rings. The van der Waals surface area contributed by atoms with Crippen molar-refractivity contribution in [3.8, 4) is 32.4 Å². The van der Waals surface area contributed by atoms with E-state index in [-0.39, 0.29) is 0 Å². The van der Waals surface area contributed by atoms with E-state index in [9.17, 15) is 9.59 Å². The highest BCUT2D eigenvalue weighted by Gasteiger charge is 2.24. The molecule has 0 aliphatic rings. The summed E-state index contributed by atoms with van der Waals surface area (Å²) in [5.74, 6) is -0.146. The fourth-order valence-electron chi connectivity index (χ4n) is 4.02. The van der Waals surface area contributed by atoms with Crippen molar-refractivity contribution in [1.29, 1.82) is 0 Å². The van der Waals surface area contributed by atoms with E-state index in [0.717, 1.165) is 32.0 Å². The van der Waals surface area contributed by atoms with E-state index in [1.165, 1.54) is 28.4 Å². The Morgan fingerprint density at radius 2 is 1.11 bits per heavy atom. The van der Waals surface area contributed by atoms with Crippen molar-refractivity contribution >= 4 is 34.6 Å². The maximum absolute atomic E-state index is 12.7. The number of hydrogen-bond acceptors (Lipinski definition) is 8. The Labute approximate surface area is 211 Å². The van der Waals surface area contributed by atoms with Crippen molar-refractivity contribution in [2.45, 2.75) is 6.42 Å². The molecule has 0 saturated heterocycles. The third kappa shape index (κ3) is 4.94. The first-order valence-corrected chi connectivity index (χ1v) is 12.4. The van der Waals surface area contributed by atoms with Crippen LogP contribution in [-0.4, -0.2) is 40.4 Å². The molecular weight excluding hydrogens is 484 g/mol. The number of ether oxygens (including phenoxy) is 4. The fraction of sp³-hybridized carbons (Fsp3) is 0.185. The van der Waals surface area contributed by atoms with Crippen LogP contribution in [0.2, 0.25) is 0 Å².